The zero-order valence-corrected chi connectivity index (χ0v) is 17.0. The first-order chi connectivity index (χ1) is 14.6. The molecule has 3 rings (SSSR count). The molecule has 1 aromatic carbocycles. The first-order valence-corrected chi connectivity index (χ1v) is 9.76. The first kappa shape index (κ1) is 22.8. The monoisotopic (exact) mass is 457 g/mol. The maximum absolute atomic E-state index is 12.8. The Morgan fingerprint density at radius 3 is 2.52 bits per heavy atom. The third kappa shape index (κ3) is 5.82. The van der Waals surface area contributed by atoms with Gasteiger partial charge in [-0.15, -0.1) is 0 Å². The first-order valence-electron chi connectivity index (χ1n) is 9.38. The number of carbonyl (C=O) groups is 1. The molecule has 0 bridgehead atoms. The molecular weight excluding hydrogens is 439 g/mol. The van der Waals surface area contributed by atoms with E-state index in [4.69, 9.17) is 11.6 Å². The topological polar surface area (TPSA) is 91.6 Å². The molecule has 0 radical (unpaired) electrons. The lowest BCUT2D eigenvalue weighted by atomic mass is 10.2. The van der Waals surface area contributed by atoms with E-state index < -0.39 is 16.7 Å². The smallest absolute Gasteiger partial charge is 0.353 e. The van der Waals surface area contributed by atoms with Crippen molar-refractivity contribution in [1.29, 1.82) is 0 Å². The Morgan fingerprint density at radius 2 is 1.90 bits per heavy atom. The highest BCUT2D eigenvalue weighted by atomic mass is 35.5. The standard InChI is InChI=1S/C19H19ClF3N5O3/c20-14-11-13(19(21,22)23)12-24-18(14)27-9-7-26(8-10-27)6-5-17(29)25-15-3-1-2-4-16(15)28(30)31/h1-4,11-12H,5-10H2,(H,25,29). The Bertz CT molecular complexity index is 965. The zero-order valence-electron chi connectivity index (χ0n) is 16.2. The quantitative estimate of drug-likeness (QED) is 0.524. The Morgan fingerprint density at radius 1 is 1.23 bits per heavy atom. The fourth-order valence-electron chi connectivity index (χ4n) is 3.21. The van der Waals surface area contributed by atoms with Crippen LogP contribution in [-0.2, 0) is 11.0 Å². The van der Waals surface area contributed by atoms with Crippen LogP contribution in [0.15, 0.2) is 36.5 Å². The molecule has 166 valence electrons. The van der Waals surface area contributed by atoms with Crippen LogP contribution < -0.4 is 10.2 Å². The lowest BCUT2D eigenvalue weighted by molar-refractivity contribution is -0.383. The molecule has 1 saturated heterocycles. The number of para-hydroxylation sites is 2. The summed E-state index contributed by atoms with van der Waals surface area (Å²) in [7, 11) is 0. The van der Waals surface area contributed by atoms with Gasteiger partial charge in [-0.3, -0.25) is 19.8 Å². The van der Waals surface area contributed by atoms with Gasteiger partial charge in [0.05, 0.1) is 15.5 Å². The summed E-state index contributed by atoms with van der Waals surface area (Å²) < 4.78 is 38.3. The van der Waals surface area contributed by atoms with Crippen LogP contribution in [0.5, 0.6) is 0 Å². The summed E-state index contributed by atoms with van der Waals surface area (Å²) in [4.78, 5) is 30.3. The Labute approximate surface area is 180 Å². The van der Waals surface area contributed by atoms with Crippen molar-refractivity contribution in [2.45, 2.75) is 12.6 Å². The van der Waals surface area contributed by atoms with Gasteiger partial charge in [-0.05, 0) is 12.1 Å². The molecule has 0 spiro atoms. The number of rotatable bonds is 6. The van der Waals surface area contributed by atoms with E-state index in [1.807, 2.05) is 4.90 Å². The average Bonchev–Trinajstić information content (AvgIpc) is 2.72. The summed E-state index contributed by atoms with van der Waals surface area (Å²) in [5.41, 5.74) is -0.930. The molecule has 2 heterocycles. The minimum Gasteiger partial charge on any atom is -0.353 e. The highest BCUT2D eigenvalue weighted by molar-refractivity contribution is 6.33. The van der Waals surface area contributed by atoms with Crippen molar-refractivity contribution < 1.29 is 22.9 Å². The van der Waals surface area contributed by atoms with Crippen molar-refractivity contribution in [2.75, 3.05) is 42.9 Å². The van der Waals surface area contributed by atoms with Gasteiger partial charge in [0.1, 0.15) is 11.5 Å². The van der Waals surface area contributed by atoms with Crippen LogP contribution in [0.3, 0.4) is 0 Å². The SMILES string of the molecule is O=C(CCN1CCN(c2ncc(C(F)(F)F)cc2Cl)CC1)Nc1ccccc1[N+](=O)[O-]. The molecule has 8 nitrogen and oxygen atoms in total. The van der Waals surface area contributed by atoms with Gasteiger partial charge in [0.15, 0.2) is 0 Å². The van der Waals surface area contributed by atoms with E-state index in [0.29, 0.717) is 38.5 Å². The number of benzene rings is 1. The number of nitro groups is 1. The summed E-state index contributed by atoms with van der Waals surface area (Å²) in [6.45, 7) is 2.55. The van der Waals surface area contributed by atoms with E-state index in [2.05, 4.69) is 10.3 Å². The van der Waals surface area contributed by atoms with E-state index >= 15 is 0 Å². The van der Waals surface area contributed by atoms with Crippen molar-refractivity contribution in [1.82, 2.24) is 9.88 Å². The molecule has 0 unspecified atom stereocenters. The van der Waals surface area contributed by atoms with Crippen LogP contribution in [-0.4, -0.2) is 53.4 Å². The molecule has 1 N–H and O–H groups in total. The van der Waals surface area contributed by atoms with E-state index in [9.17, 15) is 28.1 Å². The predicted octanol–water partition coefficient (Wildman–Crippen LogP) is 3.81. The number of carbonyl (C=O) groups excluding carboxylic acids is 1. The van der Waals surface area contributed by atoms with Crippen molar-refractivity contribution in [3.63, 3.8) is 0 Å². The Balaban J connectivity index is 1.50. The van der Waals surface area contributed by atoms with Gasteiger partial charge in [-0.25, -0.2) is 4.98 Å². The number of amides is 1. The van der Waals surface area contributed by atoms with Gasteiger partial charge in [0.25, 0.3) is 5.69 Å². The maximum atomic E-state index is 12.8. The van der Waals surface area contributed by atoms with Gasteiger partial charge < -0.3 is 10.2 Å². The van der Waals surface area contributed by atoms with Crippen LogP contribution >= 0.6 is 11.6 Å². The zero-order chi connectivity index (χ0) is 22.6. The number of aromatic nitrogens is 1. The number of halogens is 4. The molecule has 1 amide bonds. The highest BCUT2D eigenvalue weighted by Crippen LogP contribution is 2.33. The molecule has 2 aromatic rings. The Kier molecular flexibility index (Phi) is 6.96. The fraction of sp³-hybridized carbons (Fsp3) is 0.368. The van der Waals surface area contributed by atoms with Gasteiger partial charge in [-0.2, -0.15) is 13.2 Å². The number of hydrogen-bond acceptors (Lipinski definition) is 6. The van der Waals surface area contributed by atoms with Crippen LogP contribution in [0.2, 0.25) is 5.02 Å². The number of nitrogens with one attached hydrogen (secondary N) is 1. The average molecular weight is 458 g/mol. The lowest BCUT2D eigenvalue weighted by Crippen LogP contribution is -2.47. The summed E-state index contributed by atoms with van der Waals surface area (Å²) >= 11 is 6.00. The highest BCUT2D eigenvalue weighted by Gasteiger charge is 2.32. The van der Waals surface area contributed by atoms with Crippen molar-refractivity contribution in [2.24, 2.45) is 0 Å². The molecule has 1 aliphatic rings. The number of alkyl halides is 3. The molecule has 12 heteroatoms. The van der Waals surface area contributed by atoms with Crippen LogP contribution in [0.25, 0.3) is 0 Å². The van der Waals surface area contributed by atoms with Crippen molar-refractivity contribution in [3.8, 4) is 0 Å². The Hall–Kier alpha value is -2.92. The second-order valence-electron chi connectivity index (χ2n) is 6.93. The number of hydrogen-bond donors (Lipinski definition) is 1. The van der Waals surface area contributed by atoms with Crippen LogP contribution in [0, 0.1) is 10.1 Å². The molecule has 1 aromatic heterocycles. The molecule has 0 atom stereocenters. The molecule has 0 saturated carbocycles. The van der Waals surface area contributed by atoms with Crippen molar-refractivity contribution in [3.05, 3.63) is 57.2 Å². The lowest BCUT2D eigenvalue weighted by Gasteiger charge is -2.35. The van der Waals surface area contributed by atoms with E-state index in [0.717, 1.165) is 12.3 Å². The summed E-state index contributed by atoms with van der Waals surface area (Å²) in [6.07, 6.45) is -3.60. The number of nitro benzene ring substituents is 1. The summed E-state index contributed by atoms with van der Waals surface area (Å²) in [5, 5.41) is 13.5. The number of piperazine rings is 1. The molecular formula is C19H19ClF3N5O3. The van der Waals surface area contributed by atoms with E-state index in [1.54, 1.807) is 11.0 Å². The maximum Gasteiger partial charge on any atom is 0.417 e. The van der Waals surface area contributed by atoms with Gasteiger partial charge >= 0.3 is 6.18 Å². The molecule has 0 aliphatic carbocycles. The van der Waals surface area contributed by atoms with E-state index in [1.165, 1.54) is 18.2 Å². The van der Waals surface area contributed by atoms with Gasteiger partial charge in [0, 0.05) is 51.4 Å². The van der Waals surface area contributed by atoms with Crippen LogP contribution in [0.4, 0.5) is 30.4 Å². The number of nitrogens with zero attached hydrogens (tertiary/aromatic N) is 4. The fourth-order valence-corrected chi connectivity index (χ4v) is 3.50. The predicted molar refractivity (Wildman–Crippen MR) is 109 cm³/mol. The van der Waals surface area contributed by atoms with Crippen molar-refractivity contribution >= 4 is 34.7 Å². The third-order valence-electron chi connectivity index (χ3n) is 4.85. The minimum absolute atomic E-state index is 0.0629. The molecule has 1 aliphatic heterocycles. The number of pyridine rings is 1. The normalized spacial score (nSPS) is 15.0. The second kappa shape index (κ2) is 9.48. The van der Waals surface area contributed by atoms with Crippen LogP contribution in [0.1, 0.15) is 12.0 Å². The molecule has 1 fully saturated rings. The van der Waals surface area contributed by atoms with Gasteiger partial charge in [0.2, 0.25) is 5.91 Å². The summed E-state index contributed by atoms with van der Waals surface area (Å²) in [5.74, 6) is -0.0485. The van der Waals surface area contributed by atoms with Gasteiger partial charge in [-0.1, -0.05) is 23.7 Å². The summed E-state index contributed by atoms with van der Waals surface area (Å²) in [6, 6.07) is 6.77. The van der Waals surface area contributed by atoms with E-state index in [-0.39, 0.29) is 28.7 Å². The minimum atomic E-state index is -4.51. The number of anilines is 2. The molecule has 31 heavy (non-hydrogen) atoms. The third-order valence-corrected chi connectivity index (χ3v) is 5.13. The second-order valence-corrected chi connectivity index (χ2v) is 7.34. The largest absolute Gasteiger partial charge is 0.417 e.